The van der Waals surface area contributed by atoms with Gasteiger partial charge in [0.05, 0.1) is 0 Å². The average molecular weight is 260 g/mol. The molecular weight excluding hydrogens is 240 g/mol. The van der Waals surface area contributed by atoms with Crippen molar-refractivity contribution in [2.75, 3.05) is 0 Å². The molecule has 0 saturated heterocycles. The van der Waals surface area contributed by atoms with Crippen LogP contribution >= 0.6 is 0 Å². The van der Waals surface area contributed by atoms with Crippen molar-refractivity contribution >= 4 is 0 Å². The average Bonchev–Trinajstić information content (AvgIpc) is 3.18. The Balaban J connectivity index is 1.48. The summed E-state index contributed by atoms with van der Waals surface area (Å²) in [6.07, 6.45) is 22.7. The van der Waals surface area contributed by atoms with Gasteiger partial charge in [-0.05, 0) is 48.3 Å². The van der Waals surface area contributed by atoms with Crippen molar-refractivity contribution in [3.63, 3.8) is 0 Å². The van der Waals surface area contributed by atoms with Crippen LogP contribution in [0.4, 0.5) is 0 Å². The van der Waals surface area contributed by atoms with E-state index < -0.39 is 0 Å². The molecule has 0 aromatic rings. The van der Waals surface area contributed by atoms with Crippen LogP contribution < -0.4 is 0 Å². The van der Waals surface area contributed by atoms with E-state index in [0.29, 0.717) is 0 Å². The molecule has 2 saturated carbocycles. The number of allylic oxidation sites excluding steroid dienone is 10. The fraction of sp³-hybridized carbons (Fsp3) is 0.500. The molecule has 6 aliphatic carbocycles. The minimum atomic E-state index is 0.760. The predicted octanol–water partition coefficient (Wildman–Crippen LogP) is 4.30. The van der Waals surface area contributed by atoms with E-state index in [9.17, 15) is 0 Å². The van der Waals surface area contributed by atoms with Crippen LogP contribution in [0, 0.1) is 47.3 Å². The Bertz CT molecular complexity index is 585. The first-order valence-corrected chi connectivity index (χ1v) is 8.35. The first-order chi connectivity index (χ1) is 9.90. The van der Waals surface area contributed by atoms with Crippen LogP contribution in [0.25, 0.3) is 0 Å². The van der Waals surface area contributed by atoms with Crippen molar-refractivity contribution in [3.8, 4) is 0 Å². The quantitative estimate of drug-likeness (QED) is 0.570. The molecule has 0 unspecified atom stereocenters. The van der Waals surface area contributed by atoms with Gasteiger partial charge in [-0.1, -0.05) is 59.8 Å². The molecule has 2 fully saturated rings. The predicted molar refractivity (Wildman–Crippen MR) is 80.7 cm³/mol. The molecule has 0 N–H and O–H groups in total. The summed E-state index contributed by atoms with van der Waals surface area (Å²) in [5, 5.41) is 0. The second-order valence-corrected chi connectivity index (χ2v) is 7.69. The molecule has 0 aliphatic heterocycles. The Labute approximate surface area is 120 Å². The SMILES string of the molecule is C1=C[C@@H]2C/C(=C3\C[C@@H]4C=C[C@@H]5C=C[C@@H]3[C@@H]54)[C@@H]3C=C[C@@H]1[C@H]23. The van der Waals surface area contributed by atoms with Crippen LogP contribution in [0.3, 0.4) is 0 Å². The van der Waals surface area contributed by atoms with E-state index in [2.05, 4.69) is 48.6 Å². The highest BCUT2D eigenvalue weighted by molar-refractivity contribution is 5.44. The lowest BCUT2D eigenvalue weighted by Crippen LogP contribution is -2.12. The van der Waals surface area contributed by atoms with E-state index in [1.807, 2.05) is 11.1 Å². The monoisotopic (exact) mass is 260 g/mol. The molecule has 100 valence electrons. The third-order valence-corrected chi connectivity index (χ3v) is 7.08. The Morgan fingerprint density at radius 1 is 0.550 bits per heavy atom. The Hall–Kier alpha value is -1.30. The highest BCUT2D eigenvalue weighted by Gasteiger charge is 2.51. The maximum absolute atomic E-state index is 2.54. The standard InChI is InChI=1S/C20H20/c1-3-13-9-17(15-7-5-11(1)19(13)15)18-10-14-4-2-12-6-8-16(18)20(12)14/h1-8,11-16,19-20H,9-10H2/b18-17-/t11-,12-,13-,14+,15+,16+,19-,20+/m1/s1. The highest BCUT2D eigenvalue weighted by atomic mass is 14.6. The van der Waals surface area contributed by atoms with Gasteiger partial charge >= 0.3 is 0 Å². The maximum atomic E-state index is 2.54. The van der Waals surface area contributed by atoms with Crippen LogP contribution in [-0.4, -0.2) is 0 Å². The topological polar surface area (TPSA) is 0 Å². The summed E-state index contributed by atoms with van der Waals surface area (Å²) in [5.74, 6) is 6.57. The second-order valence-electron chi connectivity index (χ2n) is 7.69. The summed E-state index contributed by atoms with van der Waals surface area (Å²) in [6, 6.07) is 0. The summed E-state index contributed by atoms with van der Waals surface area (Å²) in [6.45, 7) is 0. The van der Waals surface area contributed by atoms with E-state index in [0.717, 1.165) is 47.3 Å². The summed E-state index contributed by atoms with van der Waals surface area (Å²) in [5.41, 5.74) is 3.70. The molecule has 6 aliphatic rings. The van der Waals surface area contributed by atoms with E-state index in [1.54, 1.807) is 0 Å². The summed E-state index contributed by atoms with van der Waals surface area (Å²) >= 11 is 0. The molecule has 20 heavy (non-hydrogen) atoms. The Kier molecular flexibility index (Phi) is 1.72. The van der Waals surface area contributed by atoms with Crippen molar-refractivity contribution in [2.24, 2.45) is 47.3 Å². The molecule has 0 bridgehead atoms. The maximum Gasteiger partial charge on any atom is 0.00227 e. The van der Waals surface area contributed by atoms with Gasteiger partial charge in [0.2, 0.25) is 0 Å². The van der Waals surface area contributed by atoms with Gasteiger partial charge in [-0.3, -0.25) is 0 Å². The lowest BCUT2D eigenvalue weighted by atomic mass is 9.85. The van der Waals surface area contributed by atoms with Crippen molar-refractivity contribution < 1.29 is 0 Å². The third-order valence-electron chi connectivity index (χ3n) is 7.08. The van der Waals surface area contributed by atoms with Crippen LogP contribution in [0.1, 0.15) is 12.8 Å². The third kappa shape index (κ3) is 1.05. The van der Waals surface area contributed by atoms with Gasteiger partial charge in [0.15, 0.2) is 0 Å². The van der Waals surface area contributed by atoms with Gasteiger partial charge in [0.1, 0.15) is 0 Å². The van der Waals surface area contributed by atoms with Gasteiger partial charge < -0.3 is 0 Å². The number of hydrogen-bond donors (Lipinski definition) is 0. The molecule has 0 spiro atoms. The first-order valence-electron chi connectivity index (χ1n) is 8.35. The minimum Gasteiger partial charge on any atom is -0.0842 e. The lowest BCUT2D eigenvalue weighted by molar-refractivity contribution is 0.402. The lowest BCUT2D eigenvalue weighted by Gasteiger charge is -2.19. The normalized spacial score (nSPS) is 59.2. The smallest absolute Gasteiger partial charge is 0.00227 e. The summed E-state index contributed by atoms with van der Waals surface area (Å²) in [4.78, 5) is 0. The largest absolute Gasteiger partial charge is 0.0842 e. The zero-order valence-corrected chi connectivity index (χ0v) is 11.7. The van der Waals surface area contributed by atoms with Crippen LogP contribution in [0.5, 0.6) is 0 Å². The number of hydrogen-bond acceptors (Lipinski definition) is 0. The van der Waals surface area contributed by atoms with E-state index >= 15 is 0 Å². The molecule has 0 nitrogen and oxygen atoms in total. The van der Waals surface area contributed by atoms with Gasteiger partial charge in [-0.15, -0.1) is 0 Å². The fourth-order valence-corrected chi connectivity index (χ4v) is 6.35. The van der Waals surface area contributed by atoms with Gasteiger partial charge in [0, 0.05) is 11.8 Å². The van der Waals surface area contributed by atoms with E-state index in [1.165, 1.54) is 12.8 Å². The molecule has 0 radical (unpaired) electrons. The van der Waals surface area contributed by atoms with Crippen LogP contribution in [0.2, 0.25) is 0 Å². The summed E-state index contributed by atoms with van der Waals surface area (Å²) < 4.78 is 0. The Morgan fingerprint density at radius 3 is 1.50 bits per heavy atom. The molecular formula is C20H20. The van der Waals surface area contributed by atoms with Crippen LogP contribution in [-0.2, 0) is 0 Å². The Morgan fingerprint density at radius 2 is 1.00 bits per heavy atom. The molecule has 0 aromatic carbocycles. The van der Waals surface area contributed by atoms with Crippen molar-refractivity contribution in [1.29, 1.82) is 0 Å². The van der Waals surface area contributed by atoms with E-state index in [-0.39, 0.29) is 0 Å². The van der Waals surface area contributed by atoms with Crippen molar-refractivity contribution in [3.05, 3.63) is 59.8 Å². The minimum absolute atomic E-state index is 0.760. The fourth-order valence-electron chi connectivity index (χ4n) is 6.35. The molecule has 0 heterocycles. The number of rotatable bonds is 0. The van der Waals surface area contributed by atoms with Gasteiger partial charge in [-0.25, -0.2) is 0 Å². The molecule has 0 aromatic heterocycles. The molecule has 0 amide bonds. The van der Waals surface area contributed by atoms with Crippen LogP contribution in [0.15, 0.2) is 59.8 Å². The highest BCUT2D eigenvalue weighted by Crippen LogP contribution is 2.61. The first kappa shape index (κ1) is 10.4. The van der Waals surface area contributed by atoms with Crippen molar-refractivity contribution in [2.45, 2.75) is 12.8 Å². The zero-order chi connectivity index (χ0) is 12.8. The molecule has 6 rings (SSSR count). The second kappa shape index (κ2) is 3.30. The van der Waals surface area contributed by atoms with Crippen molar-refractivity contribution in [1.82, 2.24) is 0 Å². The molecule has 0 heteroatoms. The molecule has 8 atom stereocenters. The van der Waals surface area contributed by atoms with E-state index in [4.69, 9.17) is 0 Å². The van der Waals surface area contributed by atoms with Gasteiger partial charge in [-0.2, -0.15) is 0 Å². The van der Waals surface area contributed by atoms with Gasteiger partial charge in [0.25, 0.3) is 0 Å². The summed E-state index contributed by atoms with van der Waals surface area (Å²) in [7, 11) is 0. The zero-order valence-electron chi connectivity index (χ0n) is 11.7.